The Morgan fingerprint density at radius 2 is 2.11 bits per heavy atom. The van der Waals surface area contributed by atoms with E-state index in [1.165, 1.54) is 6.42 Å². The Labute approximate surface area is 113 Å². The van der Waals surface area contributed by atoms with Crippen LogP contribution >= 0.6 is 0 Å². The van der Waals surface area contributed by atoms with Crippen LogP contribution in [0.3, 0.4) is 0 Å². The second-order valence-electron chi connectivity index (χ2n) is 5.62. The van der Waals surface area contributed by atoms with Crippen LogP contribution in [-0.2, 0) is 16.0 Å². The minimum Gasteiger partial charge on any atom is -0.466 e. The van der Waals surface area contributed by atoms with Crippen LogP contribution in [0.1, 0.15) is 37.2 Å². The van der Waals surface area contributed by atoms with Gasteiger partial charge in [0.05, 0.1) is 13.2 Å². The second-order valence-corrected chi connectivity index (χ2v) is 5.62. The van der Waals surface area contributed by atoms with E-state index in [4.69, 9.17) is 9.15 Å². The van der Waals surface area contributed by atoms with Crippen molar-refractivity contribution in [3.8, 4) is 0 Å². The lowest BCUT2D eigenvalue weighted by Gasteiger charge is -2.26. The molecule has 1 saturated heterocycles. The van der Waals surface area contributed by atoms with Gasteiger partial charge in [0.2, 0.25) is 5.91 Å². The number of amides is 1. The maximum absolute atomic E-state index is 12.0. The van der Waals surface area contributed by atoms with Crippen molar-refractivity contribution in [3.05, 3.63) is 23.7 Å². The van der Waals surface area contributed by atoms with Gasteiger partial charge in [0.15, 0.2) is 0 Å². The molecule has 0 spiro atoms. The summed E-state index contributed by atoms with van der Waals surface area (Å²) in [5, 5.41) is 0. The molecular weight excluding hydrogens is 242 g/mol. The molecule has 0 bridgehead atoms. The first-order chi connectivity index (χ1) is 9.24. The van der Waals surface area contributed by atoms with Gasteiger partial charge in [-0.15, -0.1) is 0 Å². The number of carbonyl (C=O) groups is 1. The summed E-state index contributed by atoms with van der Waals surface area (Å²) < 4.78 is 11.1. The van der Waals surface area contributed by atoms with Crippen LogP contribution in [-0.4, -0.2) is 37.1 Å². The quantitative estimate of drug-likeness (QED) is 0.836. The van der Waals surface area contributed by atoms with E-state index >= 15 is 0 Å². The van der Waals surface area contributed by atoms with Gasteiger partial charge in [-0.2, -0.15) is 0 Å². The zero-order chi connectivity index (χ0) is 13.2. The molecule has 0 aromatic carbocycles. The van der Waals surface area contributed by atoms with Crippen LogP contribution in [0.15, 0.2) is 16.5 Å². The van der Waals surface area contributed by atoms with Gasteiger partial charge in [-0.1, -0.05) is 6.92 Å². The zero-order valence-electron chi connectivity index (χ0n) is 11.4. The average Bonchev–Trinajstić information content (AvgIpc) is 3.00. The first-order valence-corrected chi connectivity index (χ1v) is 7.18. The van der Waals surface area contributed by atoms with E-state index in [-0.39, 0.29) is 5.91 Å². The number of ether oxygens (including phenoxy) is 1. The summed E-state index contributed by atoms with van der Waals surface area (Å²) in [5.74, 6) is 3.62. The third kappa shape index (κ3) is 3.00. The van der Waals surface area contributed by atoms with E-state index in [1.54, 1.807) is 0 Å². The molecule has 4 nitrogen and oxygen atoms in total. The summed E-state index contributed by atoms with van der Waals surface area (Å²) in [7, 11) is 0. The van der Waals surface area contributed by atoms with E-state index < -0.39 is 0 Å². The Morgan fingerprint density at radius 1 is 1.37 bits per heavy atom. The largest absolute Gasteiger partial charge is 0.466 e. The van der Waals surface area contributed by atoms with Crippen LogP contribution in [0.2, 0.25) is 0 Å². The third-order valence-corrected chi connectivity index (χ3v) is 4.11. The van der Waals surface area contributed by atoms with Gasteiger partial charge < -0.3 is 14.1 Å². The van der Waals surface area contributed by atoms with Crippen LogP contribution in [0.5, 0.6) is 0 Å². The van der Waals surface area contributed by atoms with Gasteiger partial charge in [0.1, 0.15) is 11.5 Å². The Kier molecular flexibility index (Phi) is 3.60. The number of hydrogen-bond acceptors (Lipinski definition) is 3. The lowest BCUT2D eigenvalue weighted by molar-refractivity contribution is -0.135. The third-order valence-electron chi connectivity index (χ3n) is 4.11. The number of morpholine rings is 1. The molecule has 19 heavy (non-hydrogen) atoms. The van der Waals surface area contributed by atoms with E-state index in [0.717, 1.165) is 30.5 Å². The summed E-state index contributed by atoms with van der Waals surface area (Å²) in [6.45, 7) is 5.02. The maximum Gasteiger partial charge on any atom is 0.223 e. The molecule has 2 heterocycles. The van der Waals surface area contributed by atoms with Crippen molar-refractivity contribution >= 4 is 5.91 Å². The van der Waals surface area contributed by atoms with Crippen LogP contribution in [0.4, 0.5) is 0 Å². The number of carbonyl (C=O) groups excluding carboxylic acids is 1. The summed E-state index contributed by atoms with van der Waals surface area (Å²) in [5.41, 5.74) is 0. The Morgan fingerprint density at radius 3 is 2.79 bits per heavy atom. The highest BCUT2D eigenvalue weighted by Gasteiger charge is 2.36. The van der Waals surface area contributed by atoms with Crippen LogP contribution < -0.4 is 0 Å². The lowest BCUT2D eigenvalue weighted by atomic mass is 10.2. The van der Waals surface area contributed by atoms with Gasteiger partial charge in [-0.05, 0) is 24.5 Å². The van der Waals surface area contributed by atoms with E-state index in [0.29, 0.717) is 32.0 Å². The first-order valence-electron chi connectivity index (χ1n) is 7.18. The number of nitrogens with zero attached hydrogens (tertiary/aromatic N) is 1. The van der Waals surface area contributed by atoms with Gasteiger partial charge in [-0.3, -0.25) is 4.79 Å². The standard InChI is InChI=1S/C15H21NO3/c1-11-10-13(11)14-4-2-12(19-14)3-5-15(17)16-6-8-18-9-7-16/h2,4,11,13H,3,5-10H2,1H3/t11-,13-/m0/s1. The molecule has 2 aliphatic rings. The highest BCUT2D eigenvalue weighted by molar-refractivity contribution is 5.76. The van der Waals surface area contributed by atoms with Crippen molar-refractivity contribution in [2.45, 2.75) is 32.1 Å². The minimum absolute atomic E-state index is 0.209. The molecule has 1 aromatic heterocycles. The highest BCUT2D eigenvalue weighted by Crippen LogP contribution is 2.47. The molecule has 1 amide bonds. The molecule has 1 aliphatic carbocycles. The molecular formula is C15H21NO3. The minimum atomic E-state index is 0.209. The number of hydrogen-bond donors (Lipinski definition) is 0. The number of furan rings is 1. The molecule has 104 valence electrons. The summed E-state index contributed by atoms with van der Waals surface area (Å²) in [6.07, 6.45) is 2.48. The van der Waals surface area contributed by atoms with Crippen molar-refractivity contribution in [2.75, 3.05) is 26.3 Å². The molecule has 1 saturated carbocycles. The normalized spacial score (nSPS) is 26.5. The number of rotatable bonds is 4. The fourth-order valence-corrected chi connectivity index (χ4v) is 2.65. The molecule has 3 rings (SSSR count). The lowest BCUT2D eigenvalue weighted by Crippen LogP contribution is -2.40. The monoisotopic (exact) mass is 263 g/mol. The molecule has 2 fully saturated rings. The zero-order valence-corrected chi connectivity index (χ0v) is 11.4. The molecule has 0 radical (unpaired) electrons. The topological polar surface area (TPSA) is 42.7 Å². The summed E-state index contributed by atoms with van der Waals surface area (Å²) in [6, 6.07) is 4.09. The van der Waals surface area contributed by atoms with Crippen LogP contribution in [0.25, 0.3) is 0 Å². The van der Waals surface area contributed by atoms with Gasteiger partial charge in [0.25, 0.3) is 0 Å². The Hall–Kier alpha value is -1.29. The van der Waals surface area contributed by atoms with E-state index in [9.17, 15) is 4.79 Å². The van der Waals surface area contributed by atoms with Crippen molar-refractivity contribution in [2.24, 2.45) is 5.92 Å². The fraction of sp³-hybridized carbons (Fsp3) is 0.667. The molecule has 4 heteroatoms. The van der Waals surface area contributed by atoms with E-state index in [1.807, 2.05) is 11.0 Å². The van der Waals surface area contributed by atoms with Crippen molar-refractivity contribution in [1.29, 1.82) is 0 Å². The average molecular weight is 263 g/mol. The fourth-order valence-electron chi connectivity index (χ4n) is 2.65. The second kappa shape index (κ2) is 5.37. The first kappa shape index (κ1) is 12.7. The van der Waals surface area contributed by atoms with Gasteiger partial charge in [-0.25, -0.2) is 0 Å². The highest BCUT2D eigenvalue weighted by atomic mass is 16.5. The SMILES string of the molecule is C[C@H]1C[C@@H]1c1ccc(CCC(=O)N2CCOCC2)o1. The molecule has 1 aliphatic heterocycles. The summed E-state index contributed by atoms with van der Waals surface area (Å²) >= 11 is 0. The van der Waals surface area contributed by atoms with Gasteiger partial charge in [0, 0.05) is 31.8 Å². The predicted molar refractivity (Wildman–Crippen MR) is 71.0 cm³/mol. The molecule has 0 N–H and O–H groups in total. The summed E-state index contributed by atoms with van der Waals surface area (Å²) in [4.78, 5) is 13.9. The maximum atomic E-state index is 12.0. The Balaban J connectivity index is 1.48. The van der Waals surface area contributed by atoms with Crippen molar-refractivity contribution in [1.82, 2.24) is 4.90 Å². The molecule has 2 atom stereocenters. The van der Waals surface area contributed by atoms with Crippen molar-refractivity contribution < 1.29 is 13.9 Å². The van der Waals surface area contributed by atoms with Crippen LogP contribution in [0, 0.1) is 5.92 Å². The number of aryl methyl sites for hydroxylation is 1. The van der Waals surface area contributed by atoms with Crippen molar-refractivity contribution in [3.63, 3.8) is 0 Å². The Bertz CT molecular complexity index is 448. The smallest absolute Gasteiger partial charge is 0.223 e. The molecule has 0 unspecified atom stereocenters. The predicted octanol–water partition coefficient (Wildman–Crippen LogP) is 2.19. The van der Waals surface area contributed by atoms with Gasteiger partial charge >= 0.3 is 0 Å². The van der Waals surface area contributed by atoms with E-state index in [2.05, 4.69) is 13.0 Å². The molecule has 1 aromatic rings.